The summed E-state index contributed by atoms with van der Waals surface area (Å²) >= 11 is 0. The van der Waals surface area contributed by atoms with Crippen molar-refractivity contribution in [2.75, 3.05) is 25.0 Å². The molecule has 1 aromatic carbocycles. The Hall–Kier alpha value is -2.86. The van der Waals surface area contributed by atoms with Gasteiger partial charge in [-0.1, -0.05) is 6.07 Å². The largest absolute Gasteiger partial charge is 0.444 e. The van der Waals surface area contributed by atoms with Crippen LogP contribution in [0.1, 0.15) is 64.9 Å². The SMILES string of the molecule is CN1CC2CCC(C1)N2c1ccc(C[C@@H](C#N)NC(=O)[C@@H]2CC3CC[C@@H](C3)N2C(=O)OC(C)(C)C)c(F)c1. The number of nitrogens with one attached hydrogen (secondary N) is 1. The first-order valence-electron chi connectivity index (χ1n) is 14.0. The third-order valence-corrected chi connectivity index (χ3v) is 8.60. The molecule has 0 spiro atoms. The van der Waals surface area contributed by atoms with Gasteiger partial charge < -0.3 is 19.9 Å². The number of nitrogens with zero attached hydrogens (tertiary/aromatic N) is 4. The van der Waals surface area contributed by atoms with Gasteiger partial charge >= 0.3 is 6.09 Å². The van der Waals surface area contributed by atoms with Crippen molar-refractivity contribution in [1.29, 1.82) is 5.26 Å². The fourth-order valence-electron chi connectivity index (χ4n) is 7.04. The molecule has 4 bridgehead atoms. The smallest absolute Gasteiger partial charge is 0.411 e. The lowest BCUT2D eigenvalue weighted by atomic mass is 9.92. The second kappa shape index (κ2) is 10.4. The monoisotopic (exact) mass is 525 g/mol. The van der Waals surface area contributed by atoms with Crippen molar-refractivity contribution in [2.45, 2.75) is 102 Å². The molecule has 206 valence electrons. The average Bonchev–Trinajstić information content (AvgIpc) is 3.34. The number of likely N-dealkylation sites (tertiary alicyclic amines) is 2. The maximum Gasteiger partial charge on any atom is 0.411 e. The molecule has 2 amide bonds. The first-order valence-corrected chi connectivity index (χ1v) is 14.0. The van der Waals surface area contributed by atoms with Crippen molar-refractivity contribution in [3.8, 4) is 6.07 Å². The van der Waals surface area contributed by atoms with E-state index in [4.69, 9.17) is 4.74 Å². The molecule has 9 heteroatoms. The number of carbonyl (C=O) groups is 2. The zero-order chi connectivity index (χ0) is 27.2. The number of benzene rings is 1. The Balaban J connectivity index is 1.26. The van der Waals surface area contributed by atoms with E-state index < -0.39 is 23.8 Å². The van der Waals surface area contributed by atoms with Gasteiger partial charge in [0.1, 0.15) is 23.5 Å². The Morgan fingerprint density at radius 3 is 2.45 bits per heavy atom. The molecule has 6 atom stereocenters. The van der Waals surface area contributed by atoms with E-state index in [2.05, 4.69) is 28.2 Å². The number of hydrogen-bond acceptors (Lipinski definition) is 6. The highest BCUT2D eigenvalue weighted by Gasteiger charge is 2.47. The normalized spacial score (nSPS) is 29.6. The highest BCUT2D eigenvalue weighted by Crippen LogP contribution is 2.40. The number of rotatable bonds is 5. The maximum absolute atomic E-state index is 15.3. The summed E-state index contributed by atoms with van der Waals surface area (Å²) in [4.78, 5) is 32.7. The third-order valence-electron chi connectivity index (χ3n) is 8.60. The first kappa shape index (κ1) is 26.7. The topological polar surface area (TPSA) is 88.9 Å². The highest BCUT2D eigenvalue weighted by molar-refractivity contribution is 5.86. The van der Waals surface area contributed by atoms with Gasteiger partial charge in [-0.15, -0.1) is 0 Å². The van der Waals surface area contributed by atoms with Crippen molar-refractivity contribution in [3.63, 3.8) is 0 Å². The van der Waals surface area contributed by atoms with Crippen LogP contribution in [0.4, 0.5) is 14.9 Å². The Labute approximate surface area is 225 Å². The van der Waals surface area contributed by atoms with Crippen LogP contribution in [0.25, 0.3) is 0 Å². The number of nitriles is 1. The van der Waals surface area contributed by atoms with Crippen LogP contribution in [0.2, 0.25) is 0 Å². The summed E-state index contributed by atoms with van der Waals surface area (Å²) < 4.78 is 20.9. The van der Waals surface area contributed by atoms with Crippen molar-refractivity contribution in [1.82, 2.24) is 15.1 Å². The minimum absolute atomic E-state index is 0.0326. The summed E-state index contributed by atoms with van der Waals surface area (Å²) in [6.07, 6.45) is 5.05. The fourth-order valence-corrected chi connectivity index (χ4v) is 7.04. The summed E-state index contributed by atoms with van der Waals surface area (Å²) in [6.45, 7) is 7.38. The number of carbonyl (C=O) groups excluding carboxylic acids is 2. The molecular weight excluding hydrogens is 485 g/mol. The molecule has 1 saturated carbocycles. The molecule has 4 aliphatic rings. The van der Waals surface area contributed by atoms with Gasteiger partial charge in [0.25, 0.3) is 0 Å². The molecule has 3 saturated heterocycles. The molecule has 0 aromatic heterocycles. The number of fused-ring (bicyclic) bond motifs is 4. The Kier molecular flexibility index (Phi) is 7.29. The number of piperazine rings is 1. The molecule has 0 radical (unpaired) electrons. The number of amides is 2. The number of halogens is 1. The van der Waals surface area contributed by atoms with Crippen LogP contribution in [-0.2, 0) is 16.0 Å². The molecule has 1 aromatic rings. The number of piperidine rings is 1. The average molecular weight is 526 g/mol. The summed E-state index contributed by atoms with van der Waals surface area (Å²) in [6, 6.07) is 6.56. The molecule has 1 N–H and O–H groups in total. The zero-order valence-electron chi connectivity index (χ0n) is 23.0. The number of likely N-dealkylation sites (N-methyl/N-ethyl adjacent to an activating group) is 1. The third kappa shape index (κ3) is 5.47. The van der Waals surface area contributed by atoms with Gasteiger partial charge in [-0.05, 0) is 90.0 Å². The second-order valence-corrected chi connectivity index (χ2v) is 12.7. The van der Waals surface area contributed by atoms with E-state index in [-0.39, 0.29) is 24.2 Å². The van der Waals surface area contributed by atoms with Crippen molar-refractivity contribution < 1.29 is 18.7 Å². The maximum atomic E-state index is 15.3. The van der Waals surface area contributed by atoms with Crippen molar-refractivity contribution >= 4 is 17.7 Å². The van der Waals surface area contributed by atoms with Crippen molar-refractivity contribution in [3.05, 3.63) is 29.6 Å². The summed E-state index contributed by atoms with van der Waals surface area (Å²) in [5, 5.41) is 12.6. The predicted molar refractivity (Wildman–Crippen MR) is 142 cm³/mol. The van der Waals surface area contributed by atoms with Crippen LogP contribution < -0.4 is 10.2 Å². The van der Waals surface area contributed by atoms with Crippen LogP contribution in [-0.4, -0.2) is 77.7 Å². The Bertz CT molecular complexity index is 1100. The molecule has 3 aliphatic heterocycles. The van der Waals surface area contributed by atoms with Crippen LogP contribution in [0, 0.1) is 23.1 Å². The summed E-state index contributed by atoms with van der Waals surface area (Å²) in [7, 11) is 2.13. The quantitative estimate of drug-likeness (QED) is 0.629. The lowest BCUT2D eigenvalue weighted by Crippen LogP contribution is -2.58. The lowest BCUT2D eigenvalue weighted by Gasteiger charge is -2.41. The number of anilines is 1. The molecule has 1 aliphatic carbocycles. The molecule has 3 unspecified atom stereocenters. The zero-order valence-corrected chi connectivity index (χ0v) is 23.0. The molecule has 38 heavy (non-hydrogen) atoms. The lowest BCUT2D eigenvalue weighted by molar-refractivity contribution is -0.129. The standard InChI is InChI=1S/C29H40FN5O3/c1-29(2,3)38-28(37)35-21-7-5-18(11-21)12-26(35)27(36)32-20(15-31)13-19-6-8-22(14-25(19)30)34-23-9-10-24(34)17-33(4)16-23/h6,8,14,18,20-21,23-24,26H,5,7,9-13,16-17H2,1-4H3,(H,32,36)/t18?,20-,21-,23?,24?,26-/m0/s1. The van der Waals surface area contributed by atoms with Gasteiger partial charge in [-0.3, -0.25) is 9.69 Å². The van der Waals surface area contributed by atoms with Crippen molar-refractivity contribution in [2.24, 2.45) is 5.92 Å². The van der Waals surface area contributed by atoms with Crippen LogP contribution >= 0.6 is 0 Å². The molecule has 8 nitrogen and oxygen atoms in total. The summed E-state index contributed by atoms with van der Waals surface area (Å²) in [5.74, 6) is -0.351. The van der Waals surface area contributed by atoms with Crippen LogP contribution in [0.5, 0.6) is 0 Å². The predicted octanol–water partition coefficient (Wildman–Crippen LogP) is 3.84. The molecule has 4 fully saturated rings. The van der Waals surface area contributed by atoms with E-state index in [0.29, 0.717) is 30.0 Å². The van der Waals surface area contributed by atoms with Gasteiger partial charge in [-0.2, -0.15) is 5.26 Å². The number of ether oxygens (including phenoxy) is 1. The minimum Gasteiger partial charge on any atom is -0.444 e. The van der Waals surface area contributed by atoms with Gasteiger partial charge in [0.2, 0.25) is 5.91 Å². The first-order chi connectivity index (χ1) is 18.0. The highest BCUT2D eigenvalue weighted by atomic mass is 19.1. The van der Waals surface area contributed by atoms with E-state index in [1.165, 1.54) is 0 Å². The molecule has 5 rings (SSSR count). The minimum atomic E-state index is -0.900. The molecule has 3 heterocycles. The van der Waals surface area contributed by atoms with Gasteiger partial charge in [0, 0.05) is 43.3 Å². The van der Waals surface area contributed by atoms with Gasteiger partial charge in [0.05, 0.1) is 6.07 Å². The van der Waals surface area contributed by atoms with E-state index in [1.807, 2.05) is 6.07 Å². The van der Waals surface area contributed by atoms with E-state index in [9.17, 15) is 14.9 Å². The fraction of sp³-hybridized carbons (Fsp3) is 0.690. The van der Waals surface area contributed by atoms with Crippen LogP contribution in [0.15, 0.2) is 18.2 Å². The Morgan fingerprint density at radius 1 is 1.13 bits per heavy atom. The van der Waals surface area contributed by atoms with E-state index >= 15 is 4.39 Å². The van der Waals surface area contributed by atoms with Gasteiger partial charge in [-0.25, -0.2) is 9.18 Å². The number of hydrogen-bond donors (Lipinski definition) is 1. The van der Waals surface area contributed by atoms with Gasteiger partial charge in [0.15, 0.2) is 0 Å². The Morgan fingerprint density at radius 2 is 1.82 bits per heavy atom. The van der Waals surface area contributed by atoms with Crippen LogP contribution in [0.3, 0.4) is 0 Å². The second-order valence-electron chi connectivity index (χ2n) is 12.7. The molecular formula is C29H40FN5O3. The summed E-state index contributed by atoms with van der Waals surface area (Å²) in [5.41, 5.74) is 0.612. The van der Waals surface area contributed by atoms with E-state index in [0.717, 1.165) is 50.9 Å². The van der Waals surface area contributed by atoms with E-state index in [1.54, 1.807) is 37.8 Å².